The number of hydrogen-bond donors (Lipinski definition) is 1. The van der Waals surface area contributed by atoms with Crippen LogP contribution in [0.5, 0.6) is 0 Å². The largest absolute Gasteiger partial charge is 0.338 e. The quantitative estimate of drug-likeness (QED) is 0.894. The average molecular weight is 345 g/mol. The van der Waals surface area contributed by atoms with Crippen LogP contribution in [0.4, 0.5) is 10.3 Å². The van der Waals surface area contributed by atoms with E-state index in [1.54, 1.807) is 12.1 Å². The number of aryl methyl sites for hydroxylation is 1. The highest BCUT2D eigenvalue weighted by atomic mass is 19.1. The SMILES string of the molecule is CCc1c(C)noc1NC(=O)C(c1ccc(F)cc1)N1CCCCC1. The van der Waals surface area contributed by atoms with E-state index in [-0.39, 0.29) is 11.7 Å². The van der Waals surface area contributed by atoms with Crippen molar-refractivity contribution in [3.8, 4) is 0 Å². The molecule has 1 aliphatic heterocycles. The predicted molar refractivity (Wildman–Crippen MR) is 93.8 cm³/mol. The molecule has 1 amide bonds. The molecule has 134 valence electrons. The van der Waals surface area contributed by atoms with Gasteiger partial charge in [0.1, 0.15) is 11.9 Å². The fourth-order valence-corrected chi connectivity index (χ4v) is 3.43. The maximum atomic E-state index is 13.3. The Balaban J connectivity index is 1.87. The van der Waals surface area contributed by atoms with E-state index in [4.69, 9.17) is 4.52 Å². The Hall–Kier alpha value is -2.21. The first-order valence-electron chi connectivity index (χ1n) is 8.85. The van der Waals surface area contributed by atoms with E-state index in [1.807, 2.05) is 13.8 Å². The van der Waals surface area contributed by atoms with Crippen molar-refractivity contribution in [3.05, 3.63) is 46.9 Å². The molecule has 1 atom stereocenters. The van der Waals surface area contributed by atoms with Crippen molar-refractivity contribution in [3.63, 3.8) is 0 Å². The van der Waals surface area contributed by atoms with Gasteiger partial charge in [0.15, 0.2) is 0 Å². The van der Waals surface area contributed by atoms with Crippen LogP contribution in [0.25, 0.3) is 0 Å². The van der Waals surface area contributed by atoms with Crippen LogP contribution in [0.3, 0.4) is 0 Å². The molecule has 1 aromatic heterocycles. The lowest BCUT2D eigenvalue weighted by Gasteiger charge is -2.33. The lowest BCUT2D eigenvalue weighted by atomic mass is 10.0. The zero-order valence-corrected chi connectivity index (χ0v) is 14.7. The molecule has 1 N–H and O–H groups in total. The van der Waals surface area contributed by atoms with Crippen molar-refractivity contribution < 1.29 is 13.7 Å². The molecule has 0 aliphatic carbocycles. The fourth-order valence-electron chi connectivity index (χ4n) is 3.43. The van der Waals surface area contributed by atoms with Crippen molar-refractivity contribution in [2.75, 3.05) is 18.4 Å². The van der Waals surface area contributed by atoms with E-state index in [2.05, 4.69) is 15.4 Å². The van der Waals surface area contributed by atoms with Gasteiger partial charge >= 0.3 is 0 Å². The lowest BCUT2D eigenvalue weighted by Crippen LogP contribution is -2.40. The lowest BCUT2D eigenvalue weighted by molar-refractivity contribution is -0.122. The maximum absolute atomic E-state index is 13.3. The van der Waals surface area contributed by atoms with Gasteiger partial charge in [0.25, 0.3) is 0 Å². The number of nitrogens with one attached hydrogen (secondary N) is 1. The topological polar surface area (TPSA) is 58.4 Å². The first kappa shape index (κ1) is 17.6. The maximum Gasteiger partial charge on any atom is 0.248 e. The Bertz CT molecular complexity index is 721. The van der Waals surface area contributed by atoms with Crippen molar-refractivity contribution >= 4 is 11.8 Å². The highest BCUT2D eigenvalue weighted by Gasteiger charge is 2.30. The number of rotatable bonds is 5. The van der Waals surface area contributed by atoms with Gasteiger partial charge in [-0.1, -0.05) is 30.6 Å². The smallest absolute Gasteiger partial charge is 0.248 e. The van der Waals surface area contributed by atoms with Crippen LogP contribution < -0.4 is 5.32 Å². The van der Waals surface area contributed by atoms with Crippen LogP contribution in [-0.4, -0.2) is 29.1 Å². The molecule has 0 bridgehead atoms. The highest BCUT2D eigenvalue weighted by Crippen LogP contribution is 2.28. The third-order valence-electron chi connectivity index (χ3n) is 4.76. The normalized spacial score (nSPS) is 16.6. The number of piperidine rings is 1. The van der Waals surface area contributed by atoms with E-state index in [9.17, 15) is 9.18 Å². The summed E-state index contributed by atoms with van der Waals surface area (Å²) in [5.41, 5.74) is 2.48. The molecule has 1 fully saturated rings. The molecule has 1 unspecified atom stereocenters. The zero-order chi connectivity index (χ0) is 17.8. The van der Waals surface area contributed by atoms with E-state index in [1.165, 1.54) is 18.6 Å². The molecule has 0 saturated carbocycles. The number of halogens is 1. The Kier molecular flexibility index (Phi) is 5.48. The van der Waals surface area contributed by atoms with Gasteiger partial charge in [-0.2, -0.15) is 0 Å². The minimum absolute atomic E-state index is 0.167. The predicted octanol–water partition coefficient (Wildman–Crippen LogP) is 3.85. The molecule has 2 heterocycles. The van der Waals surface area contributed by atoms with Crippen LogP contribution in [-0.2, 0) is 11.2 Å². The van der Waals surface area contributed by atoms with Crippen LogP contribution in [0.2, 0.25) is 0 Å². The zero-order valence-electron chi connectivity index (χ0n) is 14.7. The summed E-state index contributed by atoms with van der Waals surface area (Å²) in [5.74, 6) is -0.0610. The number of likely N-dealkylation sites (tertiary alicyclic amines) is 1. The molecule has 5 nitrogen and oxygen atoms in total. The third kappa shape index (κ3) is 3.90. The first-order chi connectivity index (χ1) is 12.1. The molecule has 0 radical (unpaired) electrons. The van der Waals surface area contributed by atoms with Crippen LogP contribution in [0, 0.1) is 12.7 Å². The first-order valence-corrected chi connectivity index (χ1v) is 8.85. The summed E-state index contributed by atoms with van der Waals surface area (Å²) < 4.78 is 18.6. The summed E-state index contributed by atoms with van der Waals surface area (Å²) in [6, 6.07) is 5.70. The Labute approximate surface area is 147 Å². The Morgan fingerprint density at radius 3 is 2.60 bits per heavy atom. The number of carbonyl (C=O) groups is 1. The van der Waals surface area contributed by atoms with Crippen molar-refractivity contribution in [2.24, 2.45) is 0 Å². The molecule has 6 heteroatoms. The van der Waals surface area contributed by atoms with Crippen LogP contribution in [0.1, 0.15) is 49.0 Å². The van der Waals surface area contributed by atoms with Gasteiger partial charge in [0.2, 0.25) is 11.8 Å². The summed E-state index contributed by atoms with van der Waals surface area (Å²) in [4.78, 5) is 15.2. The molecule has 2 aromatic rings. The second kappa shape index (κ2) is 7.78. The summed E-state index contributed by atoms with van der Waals surface area (Å²) in [6.07, 6.45) is 4.03. The van der Waals surface area contributed by atoms with Crippen molar-refractivity contribution in [1.82, 2.24) is 10.1 Å². The van der Waals surface area contributed by atoms with Gasteiger partial charge in [0, 0.05) is 5.56 Å². The molecule has 1 aliphatic rings. The molecule has 3 rings (SSSR count). The third-order valence-corrected chi connectivity index (χ3v) is 4.76. The standard InChI is InChI=1S/C19H24FN3O2/c1-3-16-13(2)22-25-19(16)21-18(24)17(23-11-5-4-6-12-23)14-7-9-15(20)10-8-14/h7-10,17H,3-6,11-12H2,1-2H3,(H,21,24). The van der Waals surface area contributed by atoms with Gasteiger partial charge in [-0.25, -0.2) is 4.39 Å². The van der Waals surface area contributed by atoms with E-state index >= 15 is 0 Å². The van der Waals surface area contributed by atoms with Gasteiger partial charge in [-0.3, -0.25) is 15.0 Å². The number of benzene rings is 1. The second-order valence-corrected chi connectivity index (χ2v) is 6.47. The van der Waals surface area contributed by atoms with Gasteiger partial charge in [-0.15, -0.1) is 0 Å². The van der Waals surface area contributed by atoms with Gasteiger partial charge < -0.3 is 4.52 Å². The Morgan fingerprint density at radius 1 is 1.28 bits per heavy atom. The molecular formula is C19H24FN3O2. The monoisotopic (exact) mass is 345 g/mol. The number of aromatic nitrogens is 1. The van der Waals surface area contributed by atoms with Crippen molar-refractivity contribution in [2.45, 2.75) is 45.6 Å². The molecule has 1 saturated heterocycles. The van der Waals surface area contributed by atoms with E-state index in [0.29, 0.717) is 5.88 Å². The molecular weight excluding hydrogens is 321 g/mol. The summed E-state index contributed by atoms with van der Waals surface area (Å²) in [5, 5.41) is 6.83. The fraction of sp³-hybridized carbons (Fsp3) is 0.474. The highest BCUT2D eigenvalue weighted by molar-refractivity contribution is 5.95. The minimum Gasteiger partial charge on any atom is -0.338 e. The number of anilines is 1. The summed E-state index contributed by atoms with van der Waals surface area (Å²) in [6.45, 7) is 5.56. The molecule has 0 spiro atoms. The second-order valence-electron chi connectivity index (χ2n) is 6.47. The van der Waals surface area contributed by atoms with Gasteiger partial charge in [-0.05, 0) is 57.0 Å². The van der Waals surface area contributed by atoms with Crippen LogP contribution >= 0.6 is 0 Å². The number of hydrogen-bond acceptors (Lipinski definition) is 4. The van der Waals surface area contributed by atoms with Crippen molar-refractivity contribution in [1.29, 1.82) is 0 Å². The summed E-state index contributed by atoms with van der Waals surface area (Å²) >= 11 is 0. The van der Waals surface area contributed by atoms with E-state index < -0.39 is 6.04 Å². The minimum atomic E-state index is -0.462. The molecule has 25 heavy (non-hydrogen) atoms. The average Bonchev–Trinajstić information content (AvgIpc) is 2.97. The van der Waals surface area contributed by atoms with E-state index in [0.717, 1.165) is 49.2 Å². The van der Waals surface area contributed by atoms with Gasteiger partial charge in [0.05, 0.1) is 5.69 Å². The number of amides is 1. The number of nitrogens with zero attached hydrogens (tertiary/aromatic N) is 2. The Morgan fingerprint density at radius 2 is 1.96 bits per heavy atom. The molecule has 1 aromatic carbocycles. The van der Waals surface area contributed by atoms with Crippen LogP contribution in [0.15, 0.2) is 28.8 Å². The number of carbonyl (C=O) groups excluding carboxylic acids is 1. The summed E-state index contributed by atoms with van der Waals surface area (Å²) in [7, 11) is 0.